The third-order valence-corrected chi connectivity index (χ3v) is 2.10. The van der Waals surface area contributed by atoms with Crippen LogP contribution in [0.4, 0.5) is 0 Å². The van der Waals surface area contributed by atoms with Gasteiger partial charge in [-0.15, -0.1) is 0 Å². The Balaban J connectivity index is 0.000000921. The molecule has 0 unspecified atom stereocenters. The van der Waals surface area contributed by atoms with Crippen molar-refractivity contribution >= 4 is 21.9 Å². The lowest BCUT2D eigenvalue weighted by atomic mass is 9.87. The third-order valence-electron chi connectivity index (χ3n) is 1.70. The fraction of sp³-hybridized carbons (Fsp3) is 0.500. The Morgan fingerprint density at radius 1 is 1.47 bits per heavy atom. The fourth-order valence-corrected chi connectivity index (χ4v) is 1.47. The van der Waals surface area contributed by atoms with Crippen molar-refractivity contribution in [3.05, 3.63) is 22.1 Å². The number of furan rings is 1. The van der Waals surface area contributed by atoms with Gasteiger partial charge in [0, 0.05) is 5.56 Å². The minimum absolute atomic E-state index is 0.0133. The van der Waals surface area contributed by atoms with Crippen molar-refractivity contribution in [1.29, 1.82) is 0 Å². The summed E-state index contributed by atoms with van der Waals surface area (Å²) in [4.78, 5) is 10.8. The van der Waals surface area contributed by atoms with Gasteiger partial charge in [-0.1, -0.05) is 20.8 Å². The van der Waals surface area contributed by atoms with Crippen LogP contribution in [0.2, 0.25) is 0 Å². The van der Waals surface area contributed by atoms with Gasteiger partial charge in [-0.05, 0) is 34.5 Å². The molecular formula is C10H16BrNO3. The highest BCUT2D eigenvalue weighted by atomic mass is 79.9. The molecule has 1 rings (SSSR count). The van der Waals surface area contributed by atoms with E-state index in [4.69, 9.17) is 9.52 Å². The summed E-state index contributed by atoms with van der Waals surface area (Å²) in [6, 6.07) is 1.70. The fourth-order valence-electron chi connectivity index (χ4n) is 1.08. The molecule has 0 saturated heterocycles. The zero-order valence-corrected chi connectivity index (χ0v) is 10.9. The van der Waals surface area contributed by atoms with Gasteiger partial charge in [-0.25, -0.2) is 4.79 Å². The molecule has 0 aliphatic rings. The van der Waals surface area contributed by atoms with E-state index in [1.54, 1.807) is 6.07 Å². The van der Waals surface area contributed by atoms with Crippen LogP contribution in [-0.4, -0.2) is 18.1 Å². The van der Waals surface area contributed by atoms with Crippen molar-refractivity contribution in [1.82, 2.24) is 0 Å². The summed E-state index contributed by atoms with van der Waals surface area (Å²) in [5, 5.41) is 8.83. The third kappa shape index (κ3) is 3.68. The Kier molecular flexibility index (Phi) is 5.03. The predicted molar refractivity (Wildman–Crippen MR) is 62.2 cm³/mol. The molecule has 4 nitrogen and oxygen atoms in total. The lowest BCUT2D eigenvalue weighted by Crippen LogP contribution is -2.14. The summed E-state index contributed by atoms with van der Waals surface area (Å²) < 4.78 is 5.47. The van der Waals surface area contributed by atoms with E-state index >= 15 is 0 Å². The first-order chi connectivity index (χ1) is 6.82. The zero-order valence-electron chi connectivity index (χ0n) is 9.30. The highest BCUT2D eigenvalue weighted by Gasteiger charge is 2.25. The van der Waals surface area contributed by atoms with Crippen LogP contribution in [0.5, 0.6) is 0 Å². The van der Waals surface area contributed by atoms with E-state index in [0.29, 0.717) is 10.2 Å². The van der Waals surface area contributed by atoms with Crippen molar-refractivity contribution in [2.45, 2.75) is 26.2 Å². The normalized spacial score (nSPS) is 10.5. The average Bonchev–Trinajstić information content (AvgIpc) is 2.50. The Morgan fingerprint density at radius 2 is 1.93 bits per heavy atom. The van der Waals surface area contributed by atoms with E-state index in [2.05, 4.69) is 21.7 Å². The number of halogens is 1. The number of rotatable bonds is 1. The minimum atomic E-state index is -1.03. The van der Waals surface area contributed by atoms with E-state index in [-0.39, 0.29) is 11.2 Å². The summed E-state index contributed by atoms with van der Waals surface area (Å²) in [5.74, 6) is -1.02. The molecule has 0 amide bonds. The molecule has 86 valence electrons. The molecule has 1 heterocycles. The lowest BCUT2D eigenvalue weighted by molar-refractivity contribution is 0.0657. The molecule has 0 saturated carbocycles. The quantitative estimate of drug-likeness (QED) is 0.827. The van der Waals surface area contributed by atoms with Crippen LogP contribution in [0.3, 0.4) is 0 Å². The monoisotopic (exact) mass is 277 g/mol. The highest BCUT2D eigenvalue weighted by molar-refractivity contribution is 9.10. The van der Waals surface area contributed by atoms with Crippen LogP contribution < -0.4 is 5.73 Å². The Labute approximate surface area is 97.6 Å². The van der Waals surface area contributed by atoms with Crippen molar-refractivity contribution in [3.63, 3.8) is 0 Å². The maximum atomic E-state index is 10.8. The molecule has 1 aromatic rings. The number of carbonyl (C=O) groups is 1. The van der Waals surface area contributed by atoms with Crippen LogP contribution in [-0.2, 0) is 5.41 Å². The number of hydrogen-bond donors (Lipinski definition) is 2. The maximum absolute atomic E-state index is 10.8. The van der Waals surface area contributed by atoms with Gasteiger partial charge < -0.3 is 15.3 Å². The first-order valence-corrected chi connectivity index (χ1v) is 5.22. The molecule has 15 heavy (non-hydrogen) atoms. The Hall–Kier alpha value is -0.810. The molecule has 0 bridgehead atoms. The van der Waals surface area contributed by atoms with Gasteiger partial charge in [0.05, 0.1) is 0 Å². The molecule has 0 aromatic carbocycles. The summed E-state index contributed by atoms with van der Waals surface area (Å²) in [5.41, 5.74) is 4.98. The van der Waals surface area contributed by atoms with E-state index in [1.165, 1.54) is 7.05 Å². The second-order valence-corrected chi connectivity index (χ2v) is 4.63. The molecule has 1 aromatic heterocycles. The Bertz CT molecular complexity index is 339. The van der Waals surface area contributed by atoms with Crippen LogP contribution in [0.15, 0.2) is 15.2 Å². The van der Waals surface area contributed by atoms with Crippen molar-refractivity contribution < 1.29 is 14.3 Å². The summed E-state index contributed by atoms with van der Waals surface area (Å²) in [7, 11) is 1.50. The lowest BCUT2D eigenvalue weighted by Gasteiger charge is -2.16. The van der Waals surface area contributed by atoms with Gasteiger partial charge in [0.15, 0.2) is 4.67 Å². The van der Waals surface area contributed by atoms with E-state index in [0.717, 1.165) is 0 Å². The molecular weight excluding hydrogens is 262 g/mol. The minimum Gasteiger partial charge on any atom is -0.475 e. The van der Waals surface area contributed by atoms with Crippen LogP contribution in [0.25, 0.3) is 0 Å². The number of hydrogen-bond acceptors (Lipinski definition) is 3. The van der Waals surface area contributed by atoms with Gasteiger partial charge >= 0.3 is 5.97 Å². The van der Waals surface area contributed by atoms with Crippen LogP contribution >= 0.6 is 15.9 Å². The number of nitrogens with two attached hydrogens (primary N) is 1. The van der Waals surface area contributed by atoms with Crippen LogP contribution in [0.1, 0.15) is 36.9 Å². The number of aromatic carboxylic acids is 1. The molecule has 0 atom stereocenters. The molecule has 0 fully saturated rings. The summed E-state index contributed by atoms with van der Waals surface area (Å²) in [6.07, 6.45) is 0. The van der Waals surface area contributed by atoms with Crippen molar-refractivity contribution in [2.24, 2.45) is 5.73 Å². The van der Waals surface area contributed by atoms with E-state index in [1.807, 2.05) is 20.8 Å². The largest absolute Gasteiger partial charge is 0.475 e. The van der Waals surface area contributed by atoms with Gasteiger partial charge in [0.25, 0.3) is 0 Å². The molecule has 3 N–H and O–H groups in total. The zero-order chi connectivity index (χ0) is 12.2. The first kappa shape index (κ1) is 14.2. The van der Waals surface area contributed by atoms with Gasteiger partial charge in [0.1, 0.15) is 0 Å². The van der Waals surface area contributed by atoms with Crippen molar-refractivity contribution in [2.75, 3.05) is 7.05 Å². The molecule has 0 aliphatic heterocycles. The number of carboxylic acids is 1. The smallest absolute Gasteiger partial charge is 0.372 e. The van der Waals surface area contributed by atoms with E-state index in [9.17, 15) is 4.79 Å². The average molecular weight is 278 g/mol. The van der Waals surface area contributed by atoms with Gasteiger partial charge in [-0.2, -0.15) is 0 Å². The SMILES string of the molecule is CC(C)(C)c1cc(Br)oc1C(=O)O.CN. The first-order valence-electron chi connectivity index (χ1n) is 4.43. The molecule has 0 spiro atoms. The second-order valence-electron chi connectivity index (χ2n) is 3.85. The van der Waals surface area contributed by atoms with E-state index < -0.39 is 5.97 Å². The maximum Gasteiger partial charge on any atom is 0.372 e. The standard InChI is InChI=1S/C9H11BrO3.CH5N/c1-9(2,3)5-4-6(10)13-7(5)8(11)12;1-2/h4H,1-3H3,(H,11,12);2H2,1H3. The highest BCUT2D eigenvalue weighted by Crippen LogP contribution is 2.30. The van der Waals surface area contributed by atoms with Gasteiger partial charge in [-0.3, -0.25) is 0 Å². The second kappa shape index (κ2) is 5.32. The Morgan fingerprint density at radius 3 is 2.20 bits per heavy atom. The van der Waals surface area contributed by atoms with Gasteiger partial charge in [0.2, 0.25) is 5.76 Å². The van der Waals surface area contributed by atoms with Crippen LogP contribution in [0, 0.1) is 0 Å². The molecule has 5 heteroatoms. The summed E-state index contributed by atoms with van der Waals surface area (Å²) >= 11 is 3.11. The molecule has 0 aliphatic carbocycles. The predicted octanol–water partition coefficient (Wildman–Crippen LogP) is 2.61. The van der Waals surface area contributed by atoms with Crippen molar-refractivity contribution in [3.8, 4) is 0 Å². The summed E-state index contributed by atoms with van der Waals surface area (Å²) in [6.45, 7) is 5.82. The topological polar surface area (TPSA) is 76.5 Å². The number of carboxylic acid groups (broad SMARTS) is 1. The molecule has 0 radical (unpaired) electrons.